The Labute approximate surface area is 73.2 Å². The van der Waals surface area contributed by atoms with Crippen molar-refractivity contribution in [3.63, 3.8) is 0 Å². The van der Waals surface area contributed by atoms with E-state index in [2.05, 4.69) is 25.5 Å². The first-order chi connectivity index (χ1) is 5.81. The van der Waals surface area contributed by atoms with Gasteiger partial charge in [-0.3, -0.25) is 5.10 Å². The normalized spacial score (nSPS) is 10.5. The lowest BCUT2D eigenvalue weighted by Crippen LogP contribution is -1.94. The maximum Gasteiger partial charge on any atom is 0.226 e. The molecule has 0 atom stereocenters. The van der Waals surface area contributed by atoms with Gasteiger partial charge in [0.25, 0.3) is 0 Å². The molecule has 5 nitrogen and oxygen atoms in total. The zero-order valence-electron chi connectivity index (χ0n) is 6.30. The molecule has 0 saturated carbocycles. The second kappa shape index (κ2) is 2.60. The van der Waals surface area contributed by atoms with Gasteiger partial charge in [-0.2, -0.15) is 10.1 Å². The second-order valence-electron chi connectivity index (χ2n) is 2.22. The molecule has 0 saturated heterocycles. The number of aromatic amines is 1. The highest BCUT2D eigenvalue weighted by atomic mass is 35.5. The van der Waals surface area contributed by atoms with Crippen molar-refractivity contribution in [1.29, 1.82) is 0 Å². The number of rotatable bonds is 1. The molecule has 2 heterocycles. The van der Waals surface area contributed by atoms with Gasteiger partial charge in [-0.1, -0.05) is 0 Å². The summed E-state index contributed by atoms with van der Waals surface area (Å²) in [6.07, 6.45) is 1.65. The molecule has 12 heavy (non-hydrogen) atoms. The summed E-state index contributed by atoms with van der Waals surface area (Å²) in [6, 6.07) is 0. The van der Waals surface area contributed by atoms with E-state index >= 15 is 0 Å². The first kappa shape index (κ1) is 7.30. The number of nitrogens with zero attached hydrogens (tertiary/aromatic N) is 3. The molecule has 2 aromatic heterocycles. The van der Waals surface area contributed by atoms with Crippen LogP contribution >= 0.6 is 11.6 Å². The molecule has 0 unspecified atom stereocenters. The Morgan fingerprint density at radius 2 is 2.33 bits per heavy atom. The third kappa shape index (κ3) is 0.984. The molecule has 0 spiro atoms. The van der Waals surface area contributed by atoms with Crippen LogP contribution in [0.1, 0.15) is 0 Å². The highest BCUT2D eigenvalue weighted by molar-refractivity contribution is 6.28. The van der Waals surface area contributed by atoms with Gasteiger partial charge in [-0.25, -0.2) is 4.98 Å². The molecule has 2 rings (SSSR count). The number of H-pyrrole nitrogens is 1. The number of nitrogens with one attached hydrogen (secondary N) is 2. The van der Waals surface area contributed by atoms with Crippen LogP contribution in [0.15, 0.2) is 6.20 Å². The standard InChI is InChI=1S/C6H6ClN5/c1-8-4-3-2-9-12-5(3)11-6(7)10-4/h2H,1H3,(H2,8,9,10,11,12). The summed E-state index contributed by atoms with van der Waals surface area (Å²) in [4.78, 5) is 7.92. The molecule has 0 aliphatic carbocycles. The number of hydrogen-bond donors (Lipinski definition) is 2. The molecule has 62 valence electrons. The van der Waals surface area contributed by atoms with Gasteiger partial charge < -0.3 is 5.32 Å². The van der Waals surface area contributed by atoms with Crippen LogP contribution in [-0.2, 0) is 0 Å². The molecule has 2 aromatic rings. The first-order valence-electron chi connectivity index (χ1n) is 3.35. The number of fused-ring (bicyclic) bond motifs is 1. The van der Waals surface area contributed by atoms with Crippen LogP contribution in [-0.4, -0.2) is 27.2 Å². The Balaban J connectivity index is 2.80. The zero-order chi connectivity index (χ0) is 8.55. The molecule has 0 fully saturated rings. The van der Waals surface area contributed by atoms with Crippen LogP contribution in [0.5, 0.6) is 0 Å². The van der Waals surface area contributed by atoms with E-state index in [0.717, 1.165) is 5.39 Å². The summed E-state index contributed by atoms with van der Waals surface area (Å²) in [5.41, 5.74) is 0.638. The van der Waals surface area contributed by atoms with Crippen molar-refractivity contribution in [2.45, 2.75) is 0 Å². The zero-order valence-corrected chi connectivity index (χ0v) is 7.05. The lowest BCUT2D eigenvalue weighted by Gasteiger charge is -1.98. The van der Waals surface area contributed by atoms with Crippen LogP contribution in [0.2, 0.25) is 5.28 Å². The van der Waals surface area contributed by atoms with E-state index in [0.29, 0.717) is 11.5 Å². The Bertz CT molecular complexity index is 409. The fourth-order valence-electron chi connectivity index (χ4n) is 0.998. The minimum absolute atomic E-state index is 0.205. The second-order valence-corrected chi connectivity index (χ2v) is 2.56. The number of aromatic nitrogens is 4. The van der Waals surface area contributed by atoms with E-state index in [9.17, 15) is 0 Å². The fourth-order valence-corrected chi connectivity index (χ4v) is 1.17. The quantitative estimate of drug-likeness (QED) is 0.649. The molecule has 0 aromatic carbocycles. The largest absolute Gasteiger partial charge is 0.372 e. The highest BCUT2D eigenvalue weighted by Crippen LogP contribution is 2.18. The highest BCUT2D eigenvalue weighted by Gasteiger charge is 2.05. The van der Waals surface area contributed by atoms with Gasteiger partial charge in [-0.05, 0) is 11.6 Å². The van der Waals surface area contributed by atoms with Crippen LogP contribution in [0.4, 0.5) is 5.82 Å². The van der Waals surface area contributed by atoms with E-state index in [1.165, 1.54) is 0 Å². The molecule has 0 bridgehead atoms. The van der Waals surface area contributed by atoms with E-state index in [4.69, 9.17) is 11.6 Å². The third-order valence-electron chi connectivity index (χ3n) is 1.52. The van der Waals surface area contributed by atoms with Crippen molar-refractivity contribution in [2.24, 2.45) is 0 Å². The molecule has 0 amide bonds. The SMILES string of the molecule is CNc1nc(Cl)nc2[nH]ncc12. The van der Waals surface area contributed by atoms with Crippen molar-refractivity contribution in [3.8, 4) is 0 Å². The Morgan fingerprint density at radius 1 is 1.50 bits per heavy atom. The molecule has 0 aliphatic heterocycles. The smallest absolute Gasteiger partial charge is 0.226 e. The van der Waals surface area contributed by atoms with Gasteiger partial charge in [0.1, 0.15) is 5.82 Å². The van der Waals surface area contributed by atoms with Crippen molar-refractivity contribution < 1.29 is 0 Å². The monoisotopic (exact) mass is 183 g/mol. The van der Waals surface area contributed by atoms with Crippen LogP contribution in [0.25, 0.3) is 11.0 Å². The van der Waals surface area contributed by atoms with Gasteiger partial charge in [0, 0.05) is 7.05 Å². The summed E-state index contributed by atoms with van der Waals surface area (Å²) in [6.45, 7) is 0. The lowest BCUT2D eigenvalue weighted by atomic mass is 10.4. The van der Waals surface area contributed by atoms with E-state index in [1.807, 2.05) is 0 Å². The minimum atomic E-state index is 0.205. The molecule has 0 aliphatic rings. The Hall–Kier alpha value is -1.36. The van der Waals surface area contributed by atoms with Gasteiger partial charge in [0.05, 0.1) is 11.6 Å². The van der Waals surface area contributed by atoms with Crippen molar-refractivity contribution in [1.82, 2.24) is 20.2 Å². The predicted molar refractivity (Wildman–Crippen MR) is 46.2 cm³/mol. The van der Waals surface area contributed by atoms with Crippen LogP contribution < -0.4 is 5.32 Å². The summed E-state index contributed by atoms with van der Waals surface area (Å²) in [5, 5.41) is 10.5. The van der Waals surface area contributed by atoms with E-state index in [1.54, 1.807) is 13.2 Å². The van der Waals surface area contributed by atoms with Crippen molar-refractivity contribution >= 4 is 28.5 Å². The number of anilines is 1. The van der Waals surface area contributed by atoms with Crippen LogP contribution in [0, 0.1) is 0 Å². The van der Waals surface area contributed by atoms with E-state index in [-0.39, 0.29) is 5.28 Å². The molecule has 0 radical (unpaired) electrons. The van der Waals surface area contributed by atoms with Gasteiger partial charge in [-0.15, -0.1) is 0 Å². The van der Waals surface area contributed by atoms with Crippen LogP contribution in [0.3, 0.4) is 0 Å². The molecule has 6 heteroatoms. The maximum atomic E-state index is 5.65. The maximum absolute atomic E-state index is 5.65. The van der Waals surface area contributed by atoms with Crippen molar-refractivity contribution in [2.75, 3.05) is 12.4 Å². The predicted octanol–water partition coefficient (Wildman–Crippen LogP) is 1.05. The third-order valence-corrected chi connectivity index (χ3v) is 1.69. The first-order valence-corrected chi connectivity index (χ1v) is 3.73. The minimum Gasteiger partial charge on any atom is -0.372 e. The summed E-state index contributed by atoms with van der Waals surface area (Å²) in [7, 11) is 1.77. The van der Waals surface area contributed by atoms with E-state index < -0.39 is 0 Å². The Morgan fingerprint density at radius 3 is 3.08 bits per heavy atom. The number of halogens is 1. The van der Waals surface area contributed by atoms with Gasteiger partial charge in [0.2, 0.25) is 5.28 Å². The topological polar surface area (TPSA) is 66.5 Å². The summed E-state index contributed by atoms with van der Waals surface area (Å²) in [5.74, 6) is 0.679. The average molecular weight is 184 g/mol. The number of hydrogen-bond acceptors (Lipinski definition) is 4. The van der Waals surface area contributed by atoms with Gasteiger partial charge >= 0.3 is 0 Å². The molecular weight excluding hydrogens is 178 g/mol. The molecule has 2 N–H and O–H groups in total. The lowest BCUT2D eigenvalue weighted by molar-refractivity contribution is 1.09. The summed E-state index contributed by atoms with van der Waals surface area (Å²) >= 11 is 5.65. The summed E-state index contributed by atoms with van der Waals surface area (Å²) < 4.78 is 0. The average Bonchev–Trinajstić information content (AvgIpc) is 2.50. The van der Waals surface area contributed by atoms with Crippen molar-refractivity contribution in [3.05, 3.63) is 11.5 Å². The fraction of sp³-hybridized carbons (Fsp3) is 0.167. The molecular formula is C6H6ClN5. The Kier molecular flexibility index (Phi) is 1.58. The van der Waals surface area contributed by atoms with Gasteiger partial charge in [0.15, 0.2) is 5.65 Å².